The zero-order valence-electron chi connectivity index (χ0n) is 14.0. The Morgan fingerprint density at radius 1 is 1.04 bits per heavy atom. The normalized spacial score (nSPS) is 20.5. The Hall–Kier alpha value is -1.54. The summed E-state index contributed by atoms with van der Waals surface area (Å²) >= 11 is 6.02. The molecule has 0 saturated carbocycles. The molecule has 0 amide bonds. The van der Waals surface area contributed by atoms with Crippen LogP contribution in [0.15, 0.2) is 60.7 Å². The number of hydrogen-bond donors (Lipinski definition) is 0. The molecule has 1 aliphatic rings. The van der Waals surface area contributed by atoms with Gasteiger partial charge in [-0.2, -0.15) is 0 Å². The van der Waals surface area contributed by atoms with E-state index in [9.17, 15) is 4.57 Å². The van der Waals surface area contributed by atoms with Gasteiger partial charge in [0.15, 0.2) is 0 Å². The molecule has 1 heterocycles. The molecule has 0 aliphatic carbocycles. The smallest absolute Gasteiger partial charge is 0.269 e. The quantitative estimate of drug-likeness (QED) is 0.635. The van der Waals surface area contributed by atoms with Crippen LogP contribution in [-0.2, 0) is 4.57 Å². The Morgan fingerprint density at radius 3 is 2.25 bits per heavy atom. The van der Waals surface area contributed by atoms with Gasteiger partial charge in [0.05, 0.1) is 5.31 Å². The SMILES string of the molecule is CCN(CC)P1(=O)C(c2ccccc2)=CCN1c1ccc(Cl)cc1. The Kier molecular flexibility index (Phi) is 5.15. The highest BCUT2D eigenvalue weighted by Crippen LogP contribution is 2.67. The zero-order chi connectivity index (χ0) is 17.2. The molecule has 126 valence electrons. The zero-order valence-corrected chi connectivity index (χ0v) is 15.7. The molecule has 0 aromatic heterocycles. The summed E-state index contributed by atoms with van der Waals surface area (Å²) in [6.07, 6.45) is 2.10. The van der Waals surface area contributed by atoms with Crippen LogP contribution >= 0.6 is 19.0 Å². The Balaban J connectivity index is 2.09. The van der Waals surface area contributed by atoms with Gasteiger partial charge >= 0.3 is 0 Å². The highest BCUT2D eigenvalue weighted by Gasteiger charge is 2.43. The van der Waals surface area contributed by atoms with Crippen molar-refractivity contribution in [3.63, 3.8) is 0 Å². The molecule has 1 unspecified atom stereocenters. The highest BCUT2D eigenvalue weighted by molar-refractivity contribution is 7.74. The third kappa shape index (κ3) is 2.93. The lowest BCUT2D eigenvalue weighted by atomic mass is 10.2. The minimum atomic E-state index is -2.87. The fraction of sp³-hybridized carbons (Fsp3) is 0.263. The monoisotopic (exact) mass is 360 g/mol. The fourth-order valence-electron chi connectivity index (χ4n) is 3.21. The van der Waals surface area contributed by atoms with Gasteiger partial charge in [-0.05, 0) is 29.8 Å². The van der Waals surface area contributed by atoms with Crippen LogP contribution in [0.3, 0.4) is 0 Å². The Bertz CT molecular complexity index is 770. The van der Waals surface area contributed by atoms with Gasteiger partial charge in [-0.15, -0.1) is 0 Å². The maximum atomic E-state index is 14.3. The van der Waals surface area contributed by atoms with Gasteiger partial charge in [0.2, 0.25) is 0 Å². The van der Waals surface area contributed by atoms with E-state index in [0.717, 1.165) is 29.7 Å². The third-order valence-corrected chi connectivity index (χ3v) is 8.11. The van der Waals surface area contributed by atoms with E-state index in [1.807, 2.05) is 59.3 Å². The van der Waals surface area contributed by atoms with Crippen LogP contribution in [0.1, 0.15) is 19.4 Å². The first kappa shape index (κ1) is 17.3. The van der Waals surface area contributed by atoms with Crippen molar-refractivity contribution in [2.45, 2.75) is 13.8 Å². The molecule has 2 aromatic carbocycles. The van der Waals surface area contributed by atoms with Crippen LogP contribution in [-0.4, -0.2) is 24.3 Å². The van der Waals surface area contributed by atoms with Crippen molar-refractivity contribution in [2.24, 2.45) is 0 Å². The molecule has 0 N–H and O–H groups in total. The number of halogens is 1. The van der Waals surface area contributed by atoms with Crippen molar-refractivity contribution >= 4 is 30.0 Å². The van der Waals surface area contributed by atoms with Gasteiger partial charge in [-0.25, -0.2) is 4.67 Å². The maximum Gasteiger partial charge on any atom is 0.269 e. The van der Waals surface area contributed by atoms with Crippen LogP contribution in [0, 0.1) is 0 Å². The van der Waals surface area contributed by atoms with E-state index in [4.69, 9.17) is 11.6 Å². The van der Waals surface area contributed by atoms with Crippen molar-refractivity contribution in [3.8, 4) is 0 Å². The first-order chi connectivity index (χ1) is 11.6. The second-order valence-corrected chi connectivity index (χ2v) is 8.75. The minimum Gasteiger partial charge on any atom is -0.304 e. The number of rotatable bonds is 5. The van der Waals surface area contributed by atoms with Crippen molar-refractivity contribution in [2.75, 3.05) is 24.3 Å². The molecule has 0 fully saturated rings. The molecule has 0 bridgehead atoms. The summed E-state index contributed by atoms with van der Waals surface area (Å²) in [6, 6.07) is 17.6. The molecular formula is C19H22ClN2OP. The highest BCUT2D eigenvalue weighted by atomic mass is 35.5. The predicted octanol–water partition coefficient (Wildman–Crippen LogP) is 5.74. The summed E-state index contributed by atoms with van der Waals surface area (Å²) in [5, 5.41) is 1.62. The van der Waals surface area contributed by atoms with Gasteiger partial charge in [0.1, 0.15) is 0 Å². The van der Waals surface area contributed by atoms with E-state index < -0.39 is 7.44 Å². The van der Waals surface area contributed by atoms with Crippen LogP contribution in [0.5, 0.6) is 0 Å². The first-order valence-electron chi connectivity index (χ1n) is 8.26. The molecule has 3 rings (SSSR count). The van der Waals surface area contributed by atoms with Gasteiger partial charge in [0.25, 0.3) is 7.44 Å². The van der Waals surface area contributed by atoms with E-state index in [1.165, 1.54) is 0 Å². The minimum absolute atomic E-state index is 0.639. The molecule has 0 saturated heterocycles. The van der Waals surface area contributed by atoms with Gasteiger partial charge in [-0.3, -0.25) is 4.57 Å². The largest absolute Gasteiger partial charge is 0.304 e. The molecular weight excluding hydrogens is 339 g/mol. The van der Waals surface area contributed by atoms with Crippen molar-refractivity contribution in [3.05, 3.63) is 71.3 Å². The molecule has 0 spiro atoms. The summed E-state index contributed by atoms with van der Waals surface area (Å²) in [6.45, 7) is 6.23. The summed E-state index contributed by atoms with van der Waals surface area (Å²) < 4.78 is 18.4. The van der Waals surface area contributed by atoms with E-state index in [0.29, 0.717) is 11.6 Å². The first-order valence-corrected chi connectivity index (χ1v) is 10.3. The van der Waals surface area contributed by atoms with Crippen LogP contribution in [0.2, 0.25) is 5.02 Å². The second kappa shape index (κ2) is 7.14. The standard InChI is InChI=1S/C19H22ClN2OP/c1-3-21(4-2)24(23)19(16-8-6-5-7-9-16)14-15-22(24)18-12-10-17(20)11-13-18/h5-14H,3-4,15H2,1-2H3. The lowest BCUT2D eigenvalue weighted by Crippen LogP contribution is -2.29. The maximum absolute atomic E-state index is 14.3. The molecule has 0 radical (unpaired) electrons. The predicted molar refractivity (Wildman–Crippen MR) is 104 cm³/mol. The van der Waals surface area contributed by atoms with Gasteiger partial charge in [0, 0.05) is 30.3 Å². The van der Waals surface area contributed by atoms with E-state index in [2.05, 4.69) is 24.6 Å². The third-order valence-electron chi connectivity index (χ3n) is 4.41. The average Bonchev–Trinajstić information content (AvgIpc) is 2.95. The topological polar surface area (TPSA) is 23.6 Å². The van der Waals surface area contributed by atoms with Crippen LogP contribution < -0.4 is 4.67 Å². The van der Waals surface area contributed by atoms with E-state index >= 15 is 0 Å². The molecule has 1 atom stereocenters. The van der Waals surface area contributed by atoms with Crippen molar-refractivity contribution < 1.29 is 4.57 Å². The summed E-state index contributed by atoms with van der Waals surface area (Å²) in [7, 11) is -2.87. The number of hydrogen-bond acceptors (Lipinski definition) is 1. The van der Waals surface area contributed by atoms with E-state index in [1.54, 1.807) is 0 Å². The molecule has 24 heavy (non-hydrogen) atoms. The van der Waals surface area contributed by atoms with Crippen LogP contribution in [0.25, 0.3) is 5.31 Å². The molecule has 3 nitrogen and oxygen atoms in total. The second-order valence-electron chi connectivity index (χ2n) is 5.70. The van der Waals surface area contributed by atoms with E-state index in [-0.39, 0.29) is 0 Å². The lowest BCUT2D eigenvalue weighted by Gasteiger charge is -2.37. The van der Waals surface area contributed by atoms with Gasteiger partial charge in [-0.1, -0.05) is 61.9 Å². The van der Waals surface area contributed by atoms with Crippen LogP contribution in [0.4, 0.5) is 5.69 Å². The summed E-state index contributed by atoms with van der Waals surface area (Å²) in [5.74, 6) is 0. The Labute approximate surface area is 149 Å². The molecule has 5 heteroatoms. The number of anilines is 1. The van der Waals surface area contributed by atoms with Crippen molar-refractivity contribution in [1.29, 1.82) is 0 Å². The summed E-state index contributed by atoms with van der Waals surface area (Å²) in [5.41, 5.74) is 1.97. The fourth-order valence-corrected chi connectivity index (χ4v) is 6.53. The van der Waals surface area contributed by atoms with Crippen molar-refractivity contribution in [1.82, 2.24) is 4.67 Å². The number of benzene rings is 2. The molecule has 2 aromatic rings. The van der Waals surface area contributed by atoms with Gasteiger partial charge < -0.3 is 4.67 Å². The molecule has 1 aliphatic heterocycles. The Morgan fingerprint density at radius 2 is 1.67 bits per heavy atom. The average molecular weight is 361 g/mol. The summed E-state index contributed by atoms with van der Waals surface area (Å²) in [4.78, 5) is 0. The lowest BCUT2D eigenvalue weighted by molar-refractivity contribution is 0.450. The number of nitrogens with zero attached hydrogens (tertiary/aromatic N) is 2.